The lowest BCUT2D eigenvalue weighted by Crippen LogP contribution is -2.64. The summed E-state index contributed by atoms with van der Waals surface area (Å²) < 4.78 is 10.7. The van der Waals surface area contributed by atoms with Gasteiger partial charge in [0.1, 0.15) is 12.2 Å². The molecule has 2 N–H and O–H groups in total. The van der Waals surface area contributed by atoms with Crippen LogP contribution in [0.3, 0.4) is 0 Å². The van der Waals surface area contributed by atoms with E-state index in [9.17, 15) is 14.7 Å². The Hall–Kier alpha value is -2.08. The molecule has 0 saturated carbocycles. The van der Waals surface area contributed by atoms with Crippen molar-refractivity contribution >= 4 is 12.1 Å². The molecule has 0 saturated heterocycles. The molecule has 0 spiro atoms. The highest BCUT2D eigenvalue weighted by molar-refractivity contribution is 5.87. The summed E-state index contributed by atoms with van der Waals surface area (Å²) in [6, 6.07) is 9.22. The predicted molar refractivity (Wildman–Crippen MR) is 99.5 cm³/mol. The first-order valence-electron chi connectivity index (χ1n) is 8.92. The fourth-order valence-corrected chi connectivity index (χ4v) is 2.57. The van der Waals surface area contributed by atoms with Gasteiger partial charge in [-0.1, -0.05) is 51.1 Å². The molecule has 0 aliphatic rings. The van der Waals surface area contributed by atoms with Crippen LogP contribution in [0.25, 0.3) is 0 Å². The molecule has 1 aromatic rings. The van der Waals surface area contributed by atoms with E-state index < -0.39 is 29.3 Å². The summed E-state index contributed by atoms with van der Waals surface area (Å²) >= 11 is 0. The van der Waals surface area contributed by atoms with Gasteiger partial charge in [-0.05, 0) is 38.7 Å². The molecule has 6 nitrogen and oxygen atoms in total. The van der Waals surface area contributed by atoms with Gasteiger partial charge in [-0.2, -0.15) is 0 Å². The number of rotatable bonds is 7. The highest BCUT2D eigenvalue weighted by Gasteiger charge is 2.49. The molecule has 0 aromatic heterocycles. The first-order valence-corrected chi connectivity index (χ1v) is 8.92. The van der Waals surface area contributed by atoms with Gasteiger partial charge in [0.2, 0.25) is 0 Å². The second-order valence-electron chi connectivity index (χ2n) is 7.70. The Morgan fingerprint density at radius 3 is 2.19 bits per heavy atom. The van der Waals surface area contributed by atoms with E-state index in [2.05, 4.69) is 5.32 Å². The van der Waals surface area contributed by atoms with Crippen molar-refractivity contribution in [1.82, 2.24) is 5.32 Å². The fraction of sp³-hybridized carbons (Fsp3) is 0.600. The zero-order valence-corrected chi connectivity index (χ0v) is 16.5. The normalized spacial score (nSPS) is 15.1. The van der Waals surface area contributed by atoms with Crippen molar-refractivity contribution in [1.29, 1.82) is 0 Å². The quantitative estimate of drug-likeness (QED) is 0.723. The summed E-state index contributed by atoms with van der Waals surface area (Å²) in [5, 5.41) is 13.2. The minimum Gasteiger partial charge on any atom is -0.458 e. The zero-order chi connectivity index (χ0) is 20.0. The first kappa shape index (κ1) is 22.0. The van der Waals surface area contributed by atoms with Crippen LogP contribution in [-0.4, -0.2) is 34.4 Å². The first-order chi connectivity index (χ1) is 12.0. The van der Waals surface area contributed by atoms with Crippen molar-refractivity contribution in [2.24, 2.45) is 5.92 Å². The van der Waals surface area contributed by atoms with Crippen molar-refractivity contribution in [3.63, 3.8) is 0 Å². The van der Waals surface area contributed by atoms with E-state index in [-0.39, 0.29) is 18.9 Å². The van der Waals surface area contributed by atoms with Gasteiger partial charge < -0.3 is 19.9 Å². The molecular formula is C20H31NO5. The number of carbonyl (C=O) groups excluding carboxylic acids is 2. The number of hydrogen-bond acceptors (Lipinski definition) is 5. The van der Waals surface area contributed by atoms with Gasteiger partial charge >= 0.3 is 12.1 Å². The Balaban J connectivity index is 2.96. The molecule has 6 heteroatoms. The number of aliphatic hydroxyl groups is 1. The average Bonchev–Trinajstić information content (AvgIpc) is 2.56. The van der Waals surface area contributed by atoms with Crippen LogP contribution in [0.5, 0.6) is 0 Å². The van der Waals surface area contributed by atoms with E-state index in [4.69, 9.17) is 9.47 Å². The predicted octanol–water partition coefficient (Wildman–Crippen LogP) is 3.42. The highest BCUT2D eigenvalue weighted by Crippen LogP contribution is 2.26. The van der Waals surface area contributed by atoms with Crippen molar-refractivity contribution in [2.75, 3.05) is 0 Å². The van der Waals surface area contributed by atoms with Crippen LogP contribution in [0.1, 0.15) is 53.5 Å². The summed E-state index contributed by atoms with van der Waals surface area (Å²) in [6.07, 6.45) is -1.73. The van der Waals surface area contributed by atoms with Crippen molar-refractivity contribution in [2.45, 2.75) is 71.8 Å². The van der Waals surface area contributed by atoms with Gasteiger partial charge in [0.25, 0.3) is 0 Å². The molecule has 0 heterocycles. The van der Waals surface area contributed by atoms with E-state index in [1.54, 1.807) is 41.5 Å². The van der Waals surface area contributed by atoms with Crippen LogP contribution >= 0.6 is 0 Å². The third kappa shape index (κ3) is 6.02. The number of hydrogen-bond donors (Lipinski definition) is 2. The molecule has 146 valence electrons. The molecule has 26 heavy (non-hydrogen) atoms. The van der Waals surface area contributed by atoms with Gasteiger partial charge in [0.05, 0.1) is 6.10 Å². The van der Waals surface area contributed by atoms with Crippen molar-refractivity contribution in [3.8, 4) is 0 Å². The second kappa shape index (κ2) is 9.03. The van der Waals surface area contributed by atoms with Crippen molar-refractivity contribution in [3.05, 3.63) is 35.9 Å². The number of aliphatic hydroxyl groups excluding tert-OH is 1. The molecule has 0 bridgehead atoms. The van der Waals surface area contributed by atoms with Crippen LogP contribution in [0.4, 0.5) is 4.79 Å². The summed E-state index contributed by atoms with van der Waals surface area (Å²) in [5.74, 6) is -0.942. The van der Waals surface area contributed by atoms with Crippen LogP contribution in [0.15, 0.2) is 30.3 Å². The lowest BCUT2D eigenvalue weighted by molar-refractivity contribution is -0.170. The highest BCUT2D eigenvalue weighted by atomic mass is 16.6. The monoisotopic (exact) mass is 365 g/mol. The SMILES string of the molecule is CC[C@@](NC(=O)OCc1ccccc1)(C(=O)OC(C)(C)C)[C@H](O)C(C)C. The Bertz CT molecular complexity index is 594. The summed E-state index contributed by atoms with van der Waals surface area (Å²) in [6.45, 7) is 10.5. The standard InChI is InChI=1S/C20H31NO5/c1-7-20(16(22)14(2)3,17(23)26-19(4,5)6)21-18(24)25-13-15-11-9-8-10-12-15/h8-12,14,16,22H,7,13H2,1-6H3,(H,21,24)/t16-,20+/m1/s1. The maximum Gasteiger partial charge on any atom is 0.408 e. The summed E-state index contributed by atoms with van der Waals surface area (Å²) in [5.41, 5.74) is -1.49. The number of carbonyl (C=O) groups is 2. The number of amides is 1. The number of alkyl carbamates (subject to hydrolysis) is 1. The molecule has 1 rings (SSSR count). The molecule has 2 atom stereocenters. The molecule has 1 aromatic carbocycles. The summed E-state index contributed by atoms with van der Waals surface area (Å²) in [4.78, 5) is 25.2. The average molecular weight is 365 g/mol. The lowest BCUT2D eigenvalue weighted by atomic mass is 9.83. The molecule has 1 amide bonds. The number of esters is 1. The lowest BCUT2D eigenvalue weighted by Gasteiger charge is -2.39. The molecule has 0 radical (unpaired) electrons. The van der Waals surface area contributed by atoms with Crippen LogP contribution < -0.4 is 5.32 Å². The topological polar surface area (TPSA) is 84.9 Å². The van der Waals surface area contributed by atoms with E-state index in [1.165, 1.54) is 0 Å². The van der Waals surface area contributed by atoms with Crippen LogP contribution in [0, 0.1) is 5.92 Å². The molecule has 0 aliphatic carbocycles. The maximum absolute atomic E-state index is 12.8. The van der Waals surface area contributed by atoms with Gasteiger partial charge in [-0.3, -0.25) is 0 Å². The molecule has 0 unspecified atom stereocenters. The number of nitrogens with one attached hydrogen (secondary N) is 1. The third-order valence-electron chi connectivity index (χ3n) is 4.00. The minimum atomic E-state index is -1.57. The number of ether oxygens (including phenoxy) is 2. The third-order valence-corrected chi connectivity index (χ3v) is 4.00. The smallest absolute Gasteiger partial charge is 0.408 e. The minimum absolute atomic E-state index is 0.0680. The molecule has 0 aliphatic heterocycles. The van der Waals surface area contributed by atoms with Gasteiger partial charge in [-0.15, -0.1) is 0 Å². The van der Waals surface area contributed by atoms with E-state index in [0.29, 0.717) is 0 Å². The molecular weight excluding hydrogens is 334 g/mol. The van der Waals surface area contributed by atoms with Gasteiger partial charge in [-0.25, -0.2) is 9.59 Å². The fourth-order valence-electron chi connectivity index (χ4n) is 2.57. The Kier molecular flexibility index (Phi) is 7.63. The summed E-state index contributed by atoms with van der Waals surface area (Å²) in [7, 11) is 0. The molecule has 0 fully saturated rings. The van der Waals surface area contributed by atoms with Crippen LogP contribution in [0.2, 0.25) is 0 Å². The Morgan fingerprint density at radius 2 is 1.73 bits per heavy atom. The van der Waals surface area contributed by atoms with E-state index in [1.807, 2.05) is 30.3 Å². The van der Waals surface area contributed by atoms with E-state index >= 15 is 0 Å². The number of benzene rings is 1. The van der Waals surface area contributed by atoms with Crippen molar-refractivity contribution < 1.29 is 24.2 Å². The second-order valence-corrected chi connectivity index (χ2v) is 7.70. The van der Waals surface area contributed by atoms with Gasteiger partial charge in [0, 0.05) is 0 Å². The van der Waals surface area contributed by atoms with Gasteiger partial charge in [0.15, 0.2) is 5.54 Å². The van der Waals surface area contributed by atoms with E-state index in [0.717, 1.165) is 5.56 Å². The Labute approximate surface area is 155 Å². The largest absolute Gasteiger partial charge is 0.458 e. The maximum atomic E-state index is 12.8. The Morgan fingerprint density at radius 1 is 1.15 bits per heavy atom. The van der Waals surface area contributed by atoms with Crippen LogP contribution in [-0.2, 0) is 20.9 Å². The zero-order valence-electron chi connectivity index (χ0n) is 16.5.